The van der Waals surface area contributed by atoms with Crippen LogP contribution in [0.2, 0.25) is 0 Å². The number of carbonyl (C=O) groups excluding carboxylic acids is 2. The Balaban J connectivity index is 1.66. The zero-order chi connectivity index (χ0) is 13.9. The maximum absolute atomic E-state index is 12.2. The SMILES string of the molecule is O=C1CCC(NC(=O)c2ccc3c(c2)CCCN3)CN1. The van der Waals surface area contributed by atoms with Crippen molar-refractivity contribution >= 4 is 17.5 Å². The van der Waals surface area contributed by atoms with Gasteiger partial charge in [0.15, 0.2) is 0 Å². The summed E-state index contributed by atoms with van der Waals surface area (Å²) in [7, 11) is 0. The van der Waals surface area contributed by atoms with E-state index >= 15 is 0 Å². The van der Waals surface area contributed by atoms with Gasteiger partial charge in [0.25, 0.3) is 5.91 Å². The smallest absolute Gasteiger partial charge is 0.251 e. The number of rotatable bonds is 2. The molecule has 106 valence electrons. The molecule has 0 aliphatic carbocycles. The average Bonchev–Trinajstić information content (AvgIpc) is 2.49. The van der Waals surface area contributed by atoms with Gasteiger partial charge in [-0.15, -0.1) is 0 Å². The summed E-state index contributed by atoms with van der Waals surface area (Å²) in [5, 5.41) is 9.10. The minimum Gasteiger partial charge on any atom is -0.385 e. The van der Waals surface area contributed by atoms with E-state index in [4.69, 9.17) is 0 Å². The molecule has 1 fully saturated rings. The van der Waals surface area contributed by atoms with Crippen LogP contribution < -0.4 is 16.0 Å². The van der Waals surface area contributed by atoms with E-state index in [0.717, 1.165) is 25.1 Å². The Morgan fingerprint density at radius 1 is 1.25 bits per heavy atom. The summed E-state index contributed by atoms with van der Waals surface area (Å²) in [6.45, 7) is 1.53. The highest BCUT2D eigenvalue weighted by Crippen LogP contribution is 2.23. The first-order chi connectivity index (χ1) is 9.72. The van der Waals surface area contributed by atoms with Crippen LogP contribution in [0, 0.1) is 0 Å². The second-order valence-corrected chi connectivity index (χ2v) is 5.42. The fourth-order valence-corrected chi connectivity index (χ4v) is 2.74. The van der Waals surface area contributed by atoms with Gasteiger partial charge in [-0.25, -0.2) is 0 Å². The highest BCUT2D eigenvalue weighted by Gasteiger charge is 2.20. The summed E-state index contributed by atoms with van der Waals surface area (Å²) >= 11 is 0. The van der Waals surface area contributed by atoms with E-state index in [0.29, 0.717) is 24.9 Å². The number of nitrogens with one attached hydrogen (secondary N) is 3. The average molecular weight is 273 g/mol. The molecule has 5 nitrogen and oxygen atoms in total. The predicted octanol–water partition coefficient (Wildman–Crippen LogP) is 1.05. The van der Waals surface area contributed by atoms with Gasteiger partial charge < -0.3 is 16.0 Å². The fourth-order valence-electron chi connectivity index (χ4n) is 2.74. The topological polar surface area (TPSA) is 70.2 Å². The highest BCUT2D eigenvalue weighted by molar-refractivity contribution is 5.95. The van der Waals surface area contributed by atoms with Gasteiger partial charge in [0.2, 0.25) is 5.91 Å². The van der Waals surface area contributed by atoms with Crippen LogP contribution in [0.25, 0.3) is 0 Å². The summed E-state index contributed by atoms with van der Waals surface area (Å²) in [6, 6.07) is 5.84. The largest absolute Gasteiger partial charge is 0.385 e. The second-order valence-electron chi connectivity index (χ2n) is 5.42. The van der Waals surface area contributed by atoms with Crippen LogP contribution in [0.3, 0.4) is 0 Å². The molecule has 2 aliphatic heterocycles. The van der Waals surface area contributed by atoms with Crippen molar-refractivity contribution in [1.82, 2.24) is 10.6 Å². The molecule has 2 amide bonds. The lowest BCUT2D eigenvalue weighted by Crippen LogP contribution is -2.47. The Hall–Kier alpha value is -2.04. The number of carbonyl (C=O) groups is 2. The van der Waals surface area contributed by atoms with Crippen molar-refractivity contribution in [3.8, 4) is 0 Å². The van der Waals surface area contributed by atoms with Crippen molar-refractivity contribution in [3.05, 3.63) is 29.3 Å². The predicted molar refractivity (Wildman–Crippen MR) is 76.8 cm³/mol. The van der Waals surface area contributed by atoms with Crippen molar-refractivity contribution in [2.75, 3.05) is 18.4 Å². The van der Waals surface area contributed by atoms with E-state index in [1.807, 2.05) is 18.2 Å². The number of benzene rings is 1. The zero-order valence-electron chi connectivity index (χ0n) is 11.4. The minimum atomic E-state index is -0.0560. The first-order valence-electron chi connectivity index (χ1n) is 7.17. The van der Waals surface area contributed by atoms with Crippen LogP contribution in [0.15, 0.2) is 18.2 Å². The second kappa shape index (κ2) is 5.53. The Labute approximate surface area is 118 Å². The van der Waals surface area contributed by atoms with Crippen LogP contribution in [-0.2, 0) is 11.2 Å². The van der Waals surface area contributed by atoms with Crippen molar-refractivity contribution < 1.29 is 9.59 Å². The Morgan fingerprint density at radius 3 is 2.95 bits per heavy atom. The Kier molecular flexibility index (Phi) is 3.58. The van der Waals surface area contributed by atoms with E-state index in [1.165, 1.54) is 5.56 Å². The molecule has 1 unspecified atom stereocenters. The van der Waals surface area contributed by atoms with Crippen molar-refractivity contribution in [1.29, 1.82) is 0 Å². The van der Waals surface area contributed by atoms with Gasteiger partial charge in [-0.1, -0.05) is 0 Å². The van der Waals surface area contributed by atoms with E-state index in [-0.39, 0.29) is 17.9 Å². The lowest BCUT2D eigenvalue weighted by atomic mass is 10.00. The standard InChI is InChI=1S/C15H19N3O2/c19-14-6-4-12(9-17-14)18-15(20)11-3-5-13-10(8-11)2-1-7-16-13/h3,5,8,12,16H,1-2,4,6-7,9H2,(H,17,19)(H,18,20). The number of amides is 2. The van der Waals surface area contributed by atoms with Gasteiger partial charge in [-0.05, 0) is 43.0 Å². The number of piperidine rings is 1. The number of fused-ring (bicyclic) bond motifs is 1. The van der Waals surface area contributed by atoms with Crippen LogP contribution in [0.4, 0.5) is 5.69 Å². The van der Waals surface area contributed by atoms with Gasteiger partial charge in [0.05, 0.1) is 0 Å². The number of aryl methyl sites for hydroxylation is 1. The van der Waals surface area contributed by atoms with Crippen LogP contribution >= 0.6 is 0 Å². The third-order valence-corrected chi connectivity index (χ3v) is 3.91. The van der Waals surface area contributed by atoms with Crippen molar-refractivity contribution in [2.45, 2.75) is 31.7 Å². The summed E-state index contributed by atoms with van der Waals surface area (Å²) in [5.41, 5.74) is 3.04. The molecule has 1 aromatic rings. The van der Waals surface area contributed by atoms with Gasteiger partial charge in [-0.3, -0.25) is 9.59 Å². The minimum absolute atomic E-state index is 0.0364. The maximum Gasteiger partial charge on any atom is 0.251 e. The van der Waals surface area contributed by atoms with E-state index in [1.54, 1.807) is 0 Å². The molecule has 3 N–H and O–H groups in total. The monoisotopic (exact) mass is 273 g/mol. The van der Waals surface area contributed by atoms with E-state index in [9.17, 15) is 9.59 Å². The molecule has 1 atom stereocenters. The number of anilines is 1. The van der Waals surface area contributed by atoms with Gasteiger partial charge in [-0.2, -0.15) is 0 Å². The molecular formula is C15H19N3O2. The lowest BCUT2D eigenvalue weighted by Gasteiger charge is -2.24. The van der Waals surface area contributed by atoms with Crippen molar-refractivity contribution in [3.63, 3.8) is 0 Å². The zero-order valence-corrected chi connectivity index (χ0v) is 11.4. The molecule has 0 bridgehead atoms. The van der Waals surface area contributed by atoms with Gasteiger partial charge in [0.1, 0.15) is 0 Å². The molecule has 3 rings (SSSR count). The van der Waals surface area contributed by atoms with Crippen LogP contribution in [-0.4, -0.2) is 30.9 Å². The molecule has 1 saturated heterocycles. The lowest BCUT2D eigenvalue weighted by molar-refractivity contribution is -0.122. The molecule has 0 aromatic heterocycles. The first-order valence-corrected chi connectivity index (χ1v) is 7.17. The third kappa shape index (κ3) is 2.76. The maximum atomic E-state index is 12.2. The molecule has 0 spiro atoms. The van der Waals surface area contributed by atoms with Crippen LogP contribution in [0.5, 0.6) is 0 Å². The number of hydrogen-bond acceptors (Lipinski definition) is 3. The molecule has 20 heavy (non-hydrogen) atoms. The fraction of sp³-hybridized carbons (Fsp3) is 0.467. The Morgan fingerprint density at radius 2 is 2.15 bits per heavy atom. The van der Waals surface area contributed by atoms with E-state index < -0.39 is 0 Å². The summed E-state index contributed by atoms with van der Waals surface area (Å²) < 4.78 is 0. The Bertz CT molecular complexity index is 532. The summed E-state index contributed by atoms with van der Waals surface area (Å²) in [5.74, 6) is 0.00914. The summed E-state index contributed by atoms with van der Waals surface area (Å²) in [6.07, 6.45) is 3.32. The molecule has 0 radical (unpaired) electrons. The normalized spacial score (nSPS) is 21.4. The number of hydrogen-bond donors (Lipinski definition) is 3. The van der Waals surface area contributed by atoms with Gasteiger partial charge in [0, 0.05) is 36.8 Å². The molecule has 1 aromatic carbocycles. The molecule has 2 aliphatic rings. The molecule has 2 heterocycles. The third-order valence-electron chi connectivity index (χ3n) is 3.91. The highest BCUT2D eigenvalue weighted by atomic mass is 16.2. The molecule has 5 heteroatoms. The molecular weight excluding hydrogens is 254 g/mol. The van der Waals surface area contributed by atoms with Crippen molar-refractivity contribution in [2.24, 2.45) is 0 Å². The van der Waals surface area contributed by atoms with Gasteiger partial charge >= 0.3 is 0 Å². The molecule has 0 saturated carbocycles. The first kappa shape index (κ1) is 13.0. The quantitative estimate of drug-likeness (QED) is 0.754. The van der Waals surface area contributed by atoms with Crippen LogP contribution in [0.1, 0.15) is 35.2 Å². The summed E-state index contributed by atoms with van der Waals surface area (Å²) in [4.78, 5) is 23.3. The van der Waals surface area contributed by atoms with E-state index in [2.05, 4.69) is 16.0 Å².